The van der Waals surface area contributed by atoms with Crippen LogP contribution >= 0.6 is 0 Å². The number of fused-ring (bicyclic) bond motifs is 1. The number of amides is 1. The molecule has 3 N–H and O–H groups in total. The van der Waals surface area contributed by atoms with E-state index in [0.717, 1.165) is 21.9 Å². The lowest BCUT2D eigenvalue weighted by molar-refractivity contribution is 0.0935. The number of nitrogen functional groups attached to an aromatic ring is 1. The molecule has 1 amide bonds. The Morgan fingerprint density at radius 2 is 1.88 bits per heavy atom. The standard InChI is InChI=1S/C21H22N2O2/c1-14(18-9-5-7-15-6-3-4-8-19(15)18)23-21(24)20-12-17(22)11-10-16(20)13-25-2/h3-12,14H,13,22H2,1-2H3,(H,23,24)/t14-/m1/s1. The first-order valence-corrected chi connectivity index (χ1v) is 8.26. The summed E-state index contributed by atoms with van der Waals surface area (Å²) in [6, 6.07) is 19.5. The Bertz CT molecular complexity index is 900. The minimum atomic E-state index is -0.153. The summed E-state index contributed by atoms with van der Waals surface area (Å²) in [6.07, 6.45) is 0. The number of hydrogen-bond acceptors (Lipinski definition) is 3. The van der Waals surface area contributed by atoms with Crippen LogP contribution in [0.3, 0.4) is 0 Å². The van der Waals surface area contributed by atoms with Crippen molar-refractivity contribution in [1.82, 2.24) is 5.32 Å². The van der Waals surface area contributed by atoms with Gasteiger partial charge in [0.25, 0.3) is 5.91 Å². The van der Waals surface area contributed by atoms with Gasteiger partial charge < -0.3 is 15.8 Å². The summed E-state index contributed by atoms with van der Waals surface area (Å²) >= 11 is 0. The smallest absolute Gasteiger partial charge is 0.252 e. The zero-order chi connectivity index (χ0) is 17.8. The summed E-state index contributed by atoms with van der Waals surface area (Å²) in [5.74, 6) is -0.153. The quantitative estimate of drug-likeness (QED) is 0.692. The third-order valence-electron chi connectivity index (χ3n) is 4.32. The zero-order valence-corrected chi connectivity index (χ0v) is 14.5. The van der Waals surface area contributed by atoms with E-state index >= 15 is 0 Å². The van der Waals surface area contributed by atoms with Crippen LogP contribution in [0, 0.1) is 0 Å². The number of carbonyl (C=O) groups excluding carboxylic acids is 1. The van der Waals surface area contributed by atoms with Gasteiger partial charge in [-0.3, -0.25) is 4.79 Å². The molecule has 0 aliphatic heterocycles. The molecule has 0 saturated heterocycles. The van der Waals surface area contributed by atoms with Gasteiger partial charge in [-0.05, 0) is 41.0 Å². The number of methoxy groups -OCH3 is 1. The number of nitrogens with two attached hydrogens (primary N) is 1. The highest BCUT2D eigenvalue weighted by molar-refractivity contribution is 5.97. The molecule has 128 valence electrons. The molecule has 3 aromatic carbocycles. The first-order valence-electron chi connectivity index (χ1n) is 8.26. The maximum atomic E-state index is 12.8. The van der Waals surface area contributed by atoms with Crippen LogP contribution in [0.15, 0.2) is 60.7 Å². The average molecular weight is 334 g/mol. The van der Waals surface area contributed by atoms with Gasteiger partial charge in [0.15, 0.2) is 0 Å². The molecule has 3 rings (SSSR count). The lowest BCUT2D eigenvalue weighted by atomic mass is 9.99. The van der Waals surface area contributed by atoms with E-state index < -0.39 is 0 Å². The number of anilines is 1. The maximum Gasteiger partial charge on any atom is 0.252 e. The molecule has 0 bridgehead atoms. The lowest BCUT2D eigenvalue weighted by Crippen LogP contribution is -2.28. The SMILES string of the molecule is COCc1ccc(N)cc1C(=O)N[C@H](C)c1cccc2ccccc12. The Morgan fingerprint density at radius 3 is 2.68 bits per heavy atom. The van der Waals surface area contributed by atoms with E-state index in [0.29, 0.717) is 17.9 Å². The molecule has 1 atom stereocenters. The first-order chi connectivity index (χ1) is 12.1. The largest absolute Gasteiger partial charge is 0.399 e. The second-order valence-corrected chi connectivity index (χ2v) is 6.11. The molecular weight excluding hydrogens is 312 g/mol. The van der Waals surface area contributed by atoms with Crippen LogP contribution < -0.4 is 11.1 Å². The fourth-order valence-electron chi connectivity index (χ4n) is 3.07. The van der Waals surface area contributed by atoms with E-state index in [1.165, 1.54) is 0 Å². The van der Waals surface area contributed by atoms with E-state index in [1.54, 1.807) is 19.2 Å². The number of nitrogens with one attached hydrogen (secondary N) is 1. The molecule has 0 saturated carbocycles. The lowest BCUT2D eigenvalue weighted by Gasteiger charge is -2.18. The molecule has 25 heavy (non-hydrogen) atoms. The molecule has 0 heterocycles. The van der Waals surface area contributed by atoms with Crippen molar-refractivity contribution in [3.8, 4) is 0 Å². The first kappa shape index (κ1) is 17.0. The van der Waals surface area contributed by atoms with Crippen LogP contribution in [0.2, 0.25) is 0 Å². The molecule has 4 nitrogen and oxygen atoms in total. The Labute approximate surface area is 147 Å². The molecule has 0 fully saturated rings. The van der Waals surface area contributed by atoms with Crippen LogP contribution in [0.1, 0.15) is 34.5 Å². The van der Waals surface area contributed by atoms with Gasteiger partial charge in [0.05, 0.1) is 12.6 Å². The highest BCUT2D eigenvalue weighted by Crippen LogP contribution is 2.25. The molecular formula is C21H22N2O2. The van der Waals surface area contributed by atoms with Crippen LogP contribution in [0.25, 0.3) is 10.8 Å². The van der Waals surface area contributed by atoms with Gasteiger partial charge >= 0.3 is 0 Å². The third-order valence-corrected chi connectivity index (χ3v) is 4.32. The molecule has 0 spiro atoms. The summed E-state index contributed by atoms with van der Waals surface area (Å²) < 4.78 is 5.19. The Kier molecular flexibility index (Phi) is 5.00. The summed E-state index contributed by atoms with van der Waals surface area (Å²) in [4.78, 5) is 12.8. The number of hydrogen-bond donors (Lipinski definition) is 2. The van der Waals surface area contributed by atoms with Crippen molar-refractivity contribution in [3.05, 3.63) is 77.4 Å². The van der Waals surface area contributed by atoms with Crippen LogP contribution in [-0.2, 0) is 11.3 Å². The van der Waals surface area contributed by atoms with Gasteiger partial charge in [0.1, 0.15) is 0 Å². The van der Waals surface area contributed by atoms with Crippen molar-refractivity contribution in [1.29, 1.82) is 0 Å². The van der Waals surface area contributed by atoms with Crippen molar-refractivity contribution in [2.45, 2.75) is 19.6 Å². The van der Waals surface area contributed by atoms with E-state index in [4.69, 9.17) is 10.5 Å². The van der Waals surface area contributed by atoms with Gasteiger partial charge in [-0.2, -0.15) is 0 Å². The summed E-state index contributed by atoms with van der Waals surface area (Å²) in [5, 5.41) is 5.38. The maximum absolute atomic E-state index is 12.8. The minimum absolute atomic E-state index is 0.129. The van der Waals surface area contributed by atoms with E-state index in [9.17, 15) is 4.79 Å². The fraction of sp³-hybridized carbons (Fsp3) is 0.190. The molecule has 0 aliphatic carbocycles. The van der Waals surface area contributed by atoms with Gasteiger partial charge in [-0.25, -0.2) is 0 Å². The number of benzene rings is 3. The Balaban J connectivity index is 1.89. The van der Waals surface area contributed by atoms with Crippen molar-refractivity contribution in [2.24, 2.45) is 0 Å². The van der Waals surface area contributed by atoms with Crippen LogP contribution in [-0.4, -0.2) is 13.0 Å². The highest BCUT2D eigenvalue weighted by Gasteiger charge is 2.16. The Hall–Kier alpha value is -2.85. The second-order valence-electron chi connectivity index (χ2n) is 6.11. The normalized spacial score (nSPS) is 12.1. The number of rotatable bonds is 5. The molecule has 0 aliphatic rings. The highest BCUT2D eigenvalue weighted by atomic mass is 16.5. The van der Waals surface area contributed by atoms with E-state index in [2.05, 4.69) is 23.5 Å². The molecule has 0 unspecified atom stereocenters. The predicted molar refractivity (Wildman–Crippen MR) is 101 cm³/mol. The fourth-order valence-corrected chi connectivity index (χ4v) is 3.07. The molecule has 0 radical (unpaired) electrons. The molecule has 4 heteroatoms. The van der Waals surface area contributed by atoms with Gasteiger partial charge in [0.2, 0.25) is 0 Å². The summed E-state index contributed by atoms with van der Waals surface area (Å²) in [5.41, 5.74) is 8.87. The van der Waals surface area contributed by atoms with E-state index in [-0.39, 0.29) is 11.9 Å². The van der Waals surface area contributed by atoms with Crippen LogP contribution in [0.5, 0.6) is 0 Å². The molecule has 0 aromatic heterocycles. The van der Waals surface area contributed by atoms with Crippen LogP contribution in [0.4, 0.5) is 5.69 Å². The minimum Gasteiger partial charge on any atom is -0.399 e. The van der Waals surface area contributed by atoms with Gasteiger partial charge in [0, 0.05) is 18.4 Å². The predicted octanol–water partition coefficient (Wildman–Crippen LogP) is 4.06. The van der Waals surface area contributed by atoms with Crippen molar-refractivity contribution >= 4 is 22.4 Å². The Morgan fingerprint density at radius 1 is 1.12 bits per heavy atom. The topological polar surface area (TPSA) is 64.3 Å². The van der Waals surface area contributed by atoms with Crippen molar-refractivity contribution in [2.75, 3.05) is 12.8 Å². The average Bonchev–Trinajstić information content (AvgIpc) is 2.62. The van der Waals surface area contributed by atoms with Gasteiger partial charge in [-0.15, -0.1) is 0 Å². The van der Waals surface area contributed by atoms with Crippen molar-refractivity contribution in [3.63, 3.8) is 0 Å². The monoisotopic (exact) mass is 334 g/mol. The van der Waals surface area contributed by atoms with Crippen molar-refractivity contribution < 1.29 is 9.53 Å². The van der Waals surface area contributed by atoms with Gasteiger partial charge in [-0.1, -0.05) is 48.5 Å². The molecule has 3 aromatic rings. The third kappa shape index (κ3) is 3.64. The van der Waals surface area contributed by atoms with E-state index in [1.807, 2.05) is 37.3 Å². The summed E-state index contributed by atoms with van der Waals surface area (Å²) in [7, 11) is 1.61. The number of ether oxygens (including phenoxy) is 1. The number of carbonyl (C=O) groups is 1. The second kappa shape index (κ2) is 7.36. The summed E-state index contributed by atoms with van der Waals surface area (Å²) in [6.45, 7) is 2.35. The zero-order valence-electron chi connectivity index (χ0n) is 14.5.